The molecule has 6 heteroatoms. The summed E-state index contributed by atoms with van der Waals surface area (Å²) in [5.41, 5.74) is 0.573. The van der Waals surface area contributed by atoms with Crippen LogP contribution in [0.1, 0.15) is 6.92 Å². The Morgan fingerprint density at radius 1 is 1.31 bits per heavy atom. The molecular weight excluding hydrogens is 294 g/mol. The summed E-state index contributed by atoms with van der Waals surface area (Å²) in [6.07, 6.45) is 1.14. The highest BCUT2D eigenvalue weighted by atomic mass is 79.9. The number of carbonyl (C=O) groups excluding carboxylic acids is 1. The van der Waals surface area contributed by atoms with Crippen LogP contribution in [-0.4, -0.2) is 25.4 Å². The third-order valence-corrected chi connectivity index (χ3v) is 3.46. The molecule has 1 aromatic rings. The SMILES string of the molecule is CC(Br)C(=O)Nc1ccc(S(C)(=O)=O)cc1. The second-order valence-corrected chi connectivity index (χ2v) is 6.79. The van der Waals surface area contributed by atoms with E-state index < -0.39 is 9.84 Å². The van der Waals surface area contributed by atoms with E-state index in [0.29, 0.717) is 5.69 Å². The fourth-order valence-corrected chi connectivity index (χ4v) is 1.77. The standard InChI is InChI=1S/C10H12BrNO3S/c1-7(11)10(13)12-8-3-5-9(6-4-8)16(2,14)15/h3-7H,1-2H3,(H,12,13). The van der Waals surface area contributed by atoms with Gasteiger partial charge in [-0.15, -0.1) is 0 Å². The second kappa shape index (κ2) is 4.97. The van der Waals surface area contributed by atoms with Gasteiger partial charge in [0.05, 0.1) is 9.72 Å². The molecule has 0 aromatic heterocycles. The molecule has 0 saturated carbocycles. The van der Waals surface area contributed by atoms with Gasteiger partial charge >= 0.3 is 0 Å². The number of amides is 1. The zero-order chi connectivity index (χ0) is 12.3. The van der Waals surface area contributed by atoms with Gasteiger partial charge < -0.3 is 5.32 Å². The Balaban J connectivity index is 2.84. The highest BCUT2D eigenvalue weighted by molar-refractivity contribution is 9.10. The number of anilines is 1. The van der Waals surface area contributed by atoms with Crippen LogP contribution in [0.25, 0.3) is 0 Å². The highest BCUT2D eigenvalue weighted by Crippen LogP contribution is 2.14. The smallest absolute Gasteiger partial charge is 0.237 e. The lowest BCUT2D eigenvalue weighted by molar-refractivity contribution is -0.115. The first-order valence-electron chi connectivity index (χ1n) is 4.56. The van der Waals surface area contributed by atoms with Crippen molar-refractivity contribution in [3.8, 4) is 0 Å². The average molecular weight is 306 g/mol. The monoisotopic (exact) mass is 305 g/mol. The van der Waals surface area contributed by atoms with Gasteiger partial charge in [0.25, 0.3) is 0 Å². The van der Waals surface area contributed by atoms with Crippen LogP contribution in [0.2, 0.25) is 0 Å². The van der Waals surface area contributed by atoms with Crippen LogP contribution in [-0.2, 0) is 14.6 Å². The van der Waals surface area contributed by atoms with Gasteiger partial charge in [-0.1, -0.05) is 15.9 Å². The van der Waals surface area contributed by atoms with Crippen LogP contribution in [0, 0.1) is 0 Å². The number of benzene rings is 1. The summed E-state index contributed by atoms with van der Waals surface area (Å²) in [4.78, 5) is 11.3. The van der Waals surface area contributed by atoms with Gasteiger partial charge in [-0.3, -0.25) is 4.79 Å². The third-order valence-electron chi connectivity index (χ3n) is 1.91. The van der Waals surface area contributed by atoms with Crippen molar-refractivity contribution in [1.82, 2.24) is 0 Å². The fraction of sp³-hybridized carbons (Fsp3) is 0.300. The average Bonchev–Trinajstić information content (AvgIpc) is 2.17. The van der Waals surface area contributed by atoms with E-state index in [4.69, 9.17) is 0 Å². The van der Waals surface area contributed by atoms with Crippen molar-refractivity contribution in [1.29, 1.82) is 0 Å². The molecule has 0 spiro atoms. The number of nitrogens with one attached hydrogen (secondary N) is 1. The van der Waals surface area contributed by atoms with Crippen LogP contribution in [0.5, 0.6) is 0 Å². The molecule has 0 bridgehead atoms. The highest BCUT2D eigenvalue weighted by Gasteiger charge is 2.10. The molecule has 1 rings (SSSR count). The molecule has 16 heavy (non-hydrogen) atoms. The quantitative estimate of drug-likeness (QED) is 0.866. The molecule has 88 valence electrons. The summed E-state index contributed by atoms with van der Waals surface area (Å²) in [7, 11) is -3.19. The summed E-state index contributed by atoms with van der Waals surface area (Å²) in [5, 5.41) is 2.64. The molecule has 1 atom stereocenters. The predicted molar refractivity (Wildman–Crippen MR) is 66.6 cm³/mol. The number of rotatable bonds is 3. The molecule has 0 aliphatic carbocycles. The Morgan fingerprint density at radius 2 is 1.81 bits per heavy atom. The molecule has 0 fully saturated rings. The normalized spacial score (nSPS) is 13.2. The van der Waals surface area contributed by atoms with Gasteiger partial charge in [0.1, 0.15) is 0 Å². The number of sulfone groups is 1. The van der Waals surface area contributed by atoms with Crippen LogP contribution in [0.4, 0.5) is 5.69 Å². The number of hydrogen-bond acceptors (Lipinski definition) is 3. The Morgan fingerprint density at radius 3 is 2.19 bits per heavy atom. The minimum absolute atomic E-state index is 0.174. The predicted octanol–water partition coefficient (Wildman–Crippen LogP) is 1.81. The van der Waals surface area contributed by atoms with Crippen molar-refractivity contribution >= 4 is 37.4 Å². The maximum atomic E-state index is 11.3. The summed E-state index contributed by atoms with van der Waals surface area (Å²) < 4.78 is 22.4. The maximum absolute atomic E-state index is 11.3. The van der Waals surface area contributed by atoms with Crippen molar-refractivity contribution in [3.05, 3.63) is 24.3 Å². The van der Waals surface area contributed by atoms with Crippen molar-refractivity contribution in [2.45, 2.75) is 16.6 Å². The van der Waals surface area contributed by atoms with Crippen LogP contribution < -0.4 is 5.32 Å². The molecule has 4 nitrogen and oxygen atoms in total. The molecule has 0 heterocycles. The van der Waals surface area contributed by atoms with Gasteiger partial charge in [-0.05, 0) is 31.2 Å². The molecule has 0 aliphatic rings. The van der Waals surface area contributed by atoms with Gasteiger partial charge in [0, 0.05) is 11.9 Å². The summed E-state index contributed by atoms with van der Waals surface area (Å²) in [6, 6.07) is 6.04. The summed E-state index contributed by atoms with van der Waals surface area (Å²) in [5.74, 6) is -0.174. The fourth-order valence-electron chi connectivity index (χ4n) is 1.03. The Hall–Kier alpha value is -0.880. The summed E-state index contributed by atoms with van der Waals surface area (Å²) in [6.45, 7) is 1.71. The van der Waals surface area contributed by atoms with Gasteiger partial charge in [-0.25, -0.2) is 8.42 Å². The van der Waals surface area contributed by atoms with E-state index in [1.165, 1.54) is 12.1 Å². The lowest BCUT2D eigenvalue weighted by Gasteiger charge is -2.07. The van der Waals surface area contributed by atoms with Gasteiger partial charge in [-0.2, -0.15) is 0 Å². The van der Waals surface area contributed by atoms with Crippen molar-refractivity contribution in [3.63, 3.8) is 0 Å². The molecular formula is C10H12BrNO3S. The van der Waals surface area contributed by atoms with E-state index in [1.54, 1.807) is 19.1 Å². The minimum Gasteiger partial charge on any atom is -0.325 e. The number of alkyl halides is 1. The number of carbonyl (C=O) groups is 1. The van der Waals surface area contributed by atoms with Crippen molar-refractivity contribution in [2.24, 2.45) is 0 Å². The van der Waals surface area contributed by atoms with Gasteiger partial charge in [0.2, 0.25) is 5.91 Å². The van der Waals surface area contributed by atoms with Crippen LogP contribution in [0.3, 0.4) is 0 Å². The van der Waals surface area contributed by atoms with E-state index in [0.717, 1.165) is 6.26 Å². The lowest BCUT2D eigenvalue weighted by Crippen LogP contribution is -2.19. The molecule has 1 unspecified atom stereocenters. The van der Waals surface area contributed by atoms with E-state index in [1.807, 2.05) is 0 Å². The third kappa shape index (κ3) is 3.61. The zero-order valence-electron chi connectivity index (χ0n) is 8.90. The van der Waals surface area contributed by atoms with Crippen molar-refractivity contribution in [2.75, 3.05) is 11.6 Å². The zero-order valence-corrected chi connectivity index (χ0v) is 11.3. The largest absolute Gasteiger partial charge is 0.325 e. The van der Waals surface area contributed by atoms with E-state index in [9.17, 15) is 13.2 Å². The van der Waals surface area contributed by atoms with Crippen molar-refractivity contribution < 1.29 is 13.2 Å². The second-order valence-electron chi connectivity index (χ2n) is 3.40. The van der Waals surface area contributed by atoms with Crippen LogP contribution >= 0.6 is 15.9 Å². The summed E-state index contributed by atoms with van der Waals surface area (Å²) >= 11 is 3.14. The number of hydrogen-bond donors (Lipinski definition) is 1. The molecule has 0 saturated heterocycles. The Labute approximate surface area is 103 Å². The van der Waals surface area contributed by atoms with E-state index in [2.05, 4.69) is 21.2 Å². The molecule has 1 aromatic carbocycles. The first kappa shape index (κ1) is 13.2. The molecule has 0 radical (unpaired) electrons. The topological polar surface area (TPSA) is 63.2 Å². The maximum Gasteiger partial charge on any atom is 0.237 e. The minimum atomic E-state index is -3.19. The number of halogens is 1. The first-order chi connectivity index (χ1) is 7.30. The Bertz CT molecular complexity index is 479. The van der Waals surface area contributed by atoms with Gasteiger partial charge in [0.15, 0.2) is 9.84 Å². The Kier molecular flexibility index (Phi) is 4.09. The van der Waals surface area contributed by atoms with Crippen LogP contribution in [0.15, 0.2) is 29.2 Å². The van der Waals surface area contributed by atoms with E-state index >= 15 is 0 Å². The van der Waals surface area contributed by atoms with E-state index in [-0.39, 0.29) is 15.6 Å². The molecule has 1 N–H and O–H groups in total. The lowest BCUT2D eigenvalue weighted by atomic mass is 10.3. The molecule has 1 amide bonds. The first-order valence-corrected chi connectivity index (χ1v) is 7.36. The molecule has 0 aliphatic heterocycles.